The Kier molecular flexibility index (Phi) is 9.46. The summed E-state index contributed by atoms with van der Waals surface area (Å²) in [4.78, 5) is 30.6. The number of nitrogens with zero attached hydrogens (tertiary/aromatic N) is 5. The van der Waals surface area contributed by atoms with Crippen LogP contribution in [-0.2, 0) is 11.3 Å². The van der Waals surface area contributed by atoms with Gasteiger partial charge in [-0.1, -0.05) is 30.0 Å². The predicted molar refractivity (Wildman–Crippen MR) is 191 cm³/mol. The van der Waals surface area contributed by atoms with Gasteiger partial charge in [-0.25, -0.2) is 4.98 Å². The van der Waals surface area contributed by atoms with Crippen molar-refractivity contribution >= 4 is 28.4 Å². The van der Waals surface area contributed by atoms with Gasteiger partial charge < -0.3 is 20.3 Å². The third-order valence-corrected chi connectivity index (χ3v) is 9.47. The van der Waals surface area contributed by atoms with Gasteiger partial charge in [0, 0.05) is 60.2 Å². The monoisotopic (exact) mass is 639 g/mol. The zero-order valence-corrected chi connectivity index (χ0v) is 27.6. The molecule has 0 radical (unpaired) electrons. The van der Waals surface area contributed by atoms with Crippen LogP contribution >= 0.6 is 0 Å². The topological polar surface area (TPSA) is 97.2 Å². The van der Waals surface area contributed by atoms with Gasteiger partial charge in [-0.15, -0.1) is 0 Å². The lowest BCUT2D eigenvalue weighted by Gasteiger charge is -2.30. The highest BCUT2D eigenvalue weighted by Gasteiger charge is 2.21. The lowest BCUT2D eigenvalue weighted by molar-refractivity contribution is 0.0851. The van der Waals surface area contributed by atoms with Crippen molar-refractivity contribution in [2.75, 3.05) is 44.0 Å². The van der Waals surface area contributed by atoms with Gasteiger partial charge in [-0.2, -0.15) is 4.98 Å². The Morgan fingerprint density at radius 2 is 1.67 bits per heavy atom. The molecule has 2 aromatic carbocycles. The molecule has 0 unspecified atom stereocenters. The Morgan fingerprint density at radius 3 is 2.46 bits per heavy atom. The minimum absolute atomic E-state index is 0.195. The standard InChI is InChI=1S/C39H41N7O2/c1-27-5-3-4-6-28(27)7-8-30-23-31-25-41-39(43-34-11-9-33(10-12-34)42-35-14-19-45(2)20-15-35)44-37(31)46(38(30)47)26-32-24-40-18-13-36(32)29-16-21-48-22-17-29/h3-6,9-13,18,23-25,29,35,42H,14-17,19-22,26H2,1-2H3,(H,41,43,44). The number of benzene rings is 2. The summed E-state index contributed by atoms with van der Waals surface area (Å²) in [6.45, 7) is 6.03. The Balaban J connectivity index is 1.22. The highest BCUT2D eigenvalue weighted by atomic mass is 16.5. The number of likely N-dealkylation sites (tertiary alicyclic amines) is 1. The molecule has 5 aromatic rings. The summed E-state index contributed by atoms with van der Waals surface area (Å²) < 4.78 is 7.36. The Morgan fingerprint density at radius 1 is 0.917 bits per heavy atom. The van der Waals surface area contributed by atoms with Crippen LogP contribution in [0.1, 0.15) is 59.4 Å². The Labute approximate surface area is 281 Å². The van der Waals surface area contributed by atoms with Gasteiger partial charge in [0.25, 0.3) is 5.56 Å². The van der Waals surface area contributed by atoms with E-state index in [2.05, 4.69) is 62.6 Å². The number of hydrogen-bond acceptors (Lipinski definition) is 8. The molecule has 0 spiro atoms. The van der Waals surface area contributed by atoms with Crippen molar-refractivity contribution in [2.45, 2.75) is 51.1 Å². The number of piperidine rings is 1. The molecule has 5 heterocycles. The number of pyridine rings is 2. The van der Waals surface area contributed by atoms with Crippen LogP contribution in [0.25, 0.3) is 11.0 Å². The molecule has 0 saturated carbocycles. The highest BCUT2D eigenvalue weighted by molar-refractivity contribution is 5.78. The summed E-state index contributed by atoms with van der Waals surface area (Å²) >= 11 is 0. The maximum Gasteiger partial charge on any atom is 0.268 e. The van der Waals surface area contributed by atoms with E-state index in [1.165, 1.54) is 5.56 Å². The molecular weight excluding hydrogens is 598 g/mol. The second kappa shape index (κ2) is 14.4. The van der Waals surface area contributed by atoms with E-state index in [-0.39, 0.29) is 5.56 Å². The zero-order valence-electron chi connectivity index (χ0n) is 27.6. The van der Waals surface area contributed by atoms with Gasteiger partial charge in [-0.05, 0) is 118 Å². The lowest BCUT2D eigenvalue weighted by Crippen LogP contribution is -2.36. The smallest absolute Gasteiger partial charge is 0.268 e. The molecule has 48 heavy (non-hydrogen) atoms. The van der Waals surface area contributed by atoms with Crippen LogP contribution in [0.15, 0.2) is 84.0 Å². The molecule has 3 aromatic heterocycles. The molecule has 2 aliphatic heterocycles. The number of rotatable bonds is 7. The third-order valence-electron chi connectivity index (χ3n) is 9.47. The molecule has 2 fully saturated rings. The van der Waals surface area contributed by atoms with E-state index in [1.807, 2.05) is 55.7 Å². The molecule has 0 atom stereocenters. The molecule has 0 amide bonds. The summed E-state index contributed by atoms with van der Waals surface area (Å²) in [6, 6.07) is 20.5. The minimum Gasteiger partial charge on any atom is -0.382 e. The summed E-state index contributed by atoms with van der Waals surface area (Å²) in [7, 11) is 2.17. The van der Waals surface area contributed by atoms with Crippen molar-refractivity contribution in [3.05, 3.63) is 117 Å². The first-order chi connectivity index (χ1) is 23.5. The fourth-order valence-corrected chi connectivity index (χ4v) is 6.62. The minimum atomic E-state index is -0.195. The van der Waals surface area contributed by atoms with Crippen molar-refractivity contribution < 1.29 is 4.74 Å². The molecule has 2 aliphatic rings. The van der Waals surface area contributed by atoms with Crippen LogP contribution in [0.2, 0.25) is 0 Å². The second-order valence-corrected chi connectivity index (χ2v) is 12.9. The fraction of sp³-hybridized carbons (Fsp3) is 0.333. The lowest BCUT2D eigenvalue weighted by atomic mass is 9.89. The molecule has 244 valence electrons. The molecule has 7 rings (SSSR count). The van der Waals surface area contributed by atoms with Gasteiger partial charge >= 0.3 is 0 Å². The summed E-state index contributed by atoms with van der Waals surface area (Å²) in [5.41, 5.74) is 6.86. The number of nitrogens with one attached hydrogen (secondary N) is 2. The molecule has 9 nitrogen and oxygen atoms in total. The van der Waals surface area contributed by atoms with Crippen LogP contribution in [0.5, 0.6) is 0 Å². The van der Waals surface area contributed by atoms with E-state index >= 15 is 0 Å². The molecule has 0 aliphatic carbocycles. The van der Waals surface area contributed by atoms with Crippen LogP contribution in [0.3, 0.4) is 0 Å². The van der Waals surface area contributed by atoms with Crippen molar-refractivity contribution in [3.8, 4) is 11.8 Å². The van der Waals surface area contributed by atoms with Crippen molar-refractivity contribution in [1.82, 2.24) is 24.4 Å². The SMILES string of the molecule is Cc1ccccc1C#Cc1cc2cnc(Nc3ccc(NC4CCN(C)CC4)cc3)nc2n(Cc2cnccc2C2CCOCC2)c1=O. The molecular formula is C39H41N7O2. The first-order valence-corrected chi connectivity index (χ1v) is 16.8. The van der Waals surface area contributed by atoms with Gasteiger partial charge in [0.2, 0.25) is 5.95 Å². The van der Waals surface area contributed by atoms with Crippen molar-refractivity contribution in [1.29, 1.82) is 0 Å². The summed E-state index contributed by atoms with van der Waals surface area (Å²) in [5, 5.41) is 7.75. The number of aromatic nitrogens is 4. The van der Waals surface area contributed by atoms with Gasteiger partial charge in [0.05, 0.1) is 12.1 Å². The number of ether oxygens (including phenoxy) is 1. The Hall–Kier alpha value is -5.04. The first kappa shape index (κ1) is 31.6. The maximum absolute atomic E-state index is 14.2. The van der Waals surface area contributed by atoms with Crippen LogP contribution in [0.4, 0.5) is 17.3 Å². The fourth-order valence-electron chi connectivity index (χ4n) is 6.62. The van der Waals surface area contributed by atoms with Gasteiger partial charge in [0.15, 0.2) is 0 Å². The predicted octanol–water partition coefficient (Wildman–Crippen LogP) is 6.09. The number of fused-ring (bicyclic) bond motifs is 1. The molecule has 0 bridgehead atoms. The van der Waals surface area contributed by atoms with Crippen molar-refractivity contribution in [3.63, 3.8) is 0 Å². The van der Waals surface area contributed by atoms with Crippen LogP contribution < -0.4 is 16.2 Å². The van der Waals surface area contributed by atoms with E-state index in [0.717, 1.165) is 85.4 Å². The van der Waals surface area contributed by atoms with Crippen LogP contribution in [-0.4, -0.2) is 63.8 Å². The quantitative estimate of drug-likeness (QED) is 0.207. The van der Waals surface area contributed by atoms with E-state index in [1.54, 1.807) is 16.8 Å². The van der Waals surface area contributed by atoms with Gasteiger partial charge in [-0.3, -0.25) is 14.3 Å². The zero-order chi connectivity index (χ0) is 32.9. The Bertz CT molecular complexity index is 2020. The maximum atomic E-state index is 14.2. The van der Waals surface area contributed by atoms with Crippen LogP contribution in [0, 0.1) is 18.8 Å². The molecule has 2 N–H and O–H groups in total. The number of aryl methyl sites for hydroxylation is 1. The second-order valence-electron chi connectivity index (χ2n) is 12.9. The largest absolute Gasteiger partial charge is 0.382 e. The average Bonchev–Trinajstić information content (AvgIpc) is 3.12. The summed E-state index contributed by atoms with van der Waals surface area (Å²) in [6.07, 6.45) is 9.62. The molecule has 9 heteroatoms. The summed E-state index contributed by atoms with van der Waals surface area (Å²) in [5.74, 6) is 7.15. The third kappa shape index (κ3) is 7.25. The number of hydrogen-bond donors (Lipinski definition) is 2. The normalized spacial score (nSPS) is 16.0. The van der Waals surface area contributed by atoms with E-state index in [9.17, 15) is 4.79 Å². The van der Waals surface area contributed by atoms with Gasteiger partial charge in [0.1, 0.15) is 5.65 Å². The van der Waals surface area contributed by atoms with E-state index < -0.39 is 0 Å². The number of anilines is 3. The first-order valence-electron chi connectivity index (χ1n) is 16.8. The molecule has 2 saturated heterocycles. The highest BCUT2D eigenvalue weighted by Crippen LogP contribution is 2.30. The van der Waals surface area contributed by atoms with Crippen molar-refractivity contribution in [2.24, 2.45) is 0 Å². The van der Waals surface area contributed by atoms with E-state index in [4.69, 9.17) is 9.72 Å². The van der Waals surface area contributed by atoms with E-state index in [0.29, 0.717) is 35.7 Å². The average molecular weight is 640 g/mol.